The molecule has 0 atom stereocenters. The van der Waals surface area contributed by atoms with Crippen molar-refractivity contribution in [3.8, 4) is 6.01 Å². The number of nitrogens with one attached hydrogen (secondary N) is 1. The van der Waals surface area contributed by atoms with Gasteiger partial charge in [0.1, 0.15) is 5.82 Å². The third-order valence-electron chi connectivity index (χ3n) is 1.55. The van der Waals surface area contributed by atoms with Crippen LogP contribution >= 0.6 is 11.8 Å². The summed E-state index contributed by atoms with van der Waals surface area (Å²) in [6, 6.07) is 0.169. The number of methoxy groups -OCH3 is 1. The standard InChI is InChI=1S/C7H9N7OS/c1-3-9-7(14-13-3)16-6-11-4(8)10-5(12-6)15-2/h1-2H3,(H,9,13,14)(H2,8,10,11,12). The van der Waals surface area contributed by atoms with Gasteiger partial charge in [0.25, 0.3) is 0 Å². The summed E-state index contributed by atoms with van der Waals surface area (Å²) in [7, 11) is 1.46. The quantitative estimate of drug-likeness (QED) is 0.771. The van der Waals surface area contributed by atoms with E-state index in [4.69, 9.17) is 10.5 Å². The monoisotopic (exact) mass is 239 g/mol. The first-order chi connectivity index (χ1) is 7.67. The second kappa shape index (κ2) is 4.31. The van der Waals surface area contributed by atoms with E-state index >= 15 is 0 Å². The first-order valence-corrected chi connectivity index (χ1v) is 5.11. The number of aromatic amines is 1. The number of hydrogen-bond acceptors (Lipinski definition) is 8. The van der Waals surface area contributed by atoms with Crippen LogP contribution in [0.2, 0.25) is 0 Å². The fourth-order valence-corrected chi connectivity index (χ4v) is 1.64. The minimum atomic E-state index is 0.0987. The molecule has 0 saturated heterocycles. The second-order valence-electron chi connectivity index (χ2n) is 2.77. The number of aryl methyl sites for hydroxylation is 1. The molecule has 84 valence electrons. The summed E-state index contributed by atoms with van der Waals surface area (Å²) in [5.41, 5.74) is 5.49. The van der Waals surface area contributed by atoms with Crippen molar-refractivity contribution in [2.24, 2.45) is 0 Å². The van der Waals surface area contributed by atoms with E-state index in [2.05, 4.69) is 30.1 Å². The Kier molecular flexibility index (Phi) is 2.86. The van der Waals surface area contributed by atoms with Gasteiger partial charge in [-0.3, -0.25) is 5.10 Å². The van der Waals surface area contributed by atoms with Gasteiger partial charge in [0.05, 0.1) is 7.11 Å². The molecule has 0 aliphatic heterocycles. The highest BCUT2D eigenvalue weighted by Gasteiger charge is 2.09. The molecule has 0 aromatic carbocycles. The number of ether oxygens (including phenoxy) is 1. The van der Waals surface area contributed by atoms with Crippen molar-refractivity contribution in [2.45, 2.75) is 17.2 Å². The van der Waals surface area contributed by atoms with Crippen molar-refractivity contribution >= 4 is 17.7 Å². The molecular weight excluding hydrogens is 230 g/mol. The van der Waals surface area contributed by atoms with Gasteiger partial charge in [0.2, 0.25) is 16.3 Å². The van der Waals surface area contributed by atoms with E-state index in [1.807, 2.05) is 0 Å². The summed E-state index contributed by atoms with van der Waals surface area (Å²) >= 11 is 1.18. The van der Waals surface area contributed by atoms with E-state index in [0.29, 0.717) is 10.3 Å². The average molecular weight is 239 g/mol. The van der Waals surface area contributed by atoms with Crippen LogP contribution in [0.5, 0.6) is 6.01 Å². The highest BCUT2D eigenvalue weighted by atomic mass is 32.2. The van der Waals surface area contributed by atoms with E-state index in [0.717, 1.165) is 5.82 Å². The molecule has 0 aliphatic carbocycles. The van der Waals surface area contributed by atoms with E-state index in [-0.39, 0.29) is 12.0 Å². The molecule has 8 nitrogen and oxygen atoms in total. The molecule has 2 aromatic rings. The summed E-state index contributed by atoms with van der Waals surface area (Å²) in [5, 5.41) is 7.57. The Labute approximate surface area is 95.1 Å². The Morgan fingerprint density at radius 1 is 1.19 bits per heavy atom. The summed E-state index contributed by atoms with van der Waals surface area (Å²) in [6.07, 6.45) is 0. The van der Waals surface area contributed by atoms with E-state index in [1.165, 1.54) is 18.9 Å². The van der Waals surface area contributed by atoms with Crippen LogP contribution in [0, 0.1) is 6.92 Å². The lowest BCUT2D eigenvalue weighted by molar-refractivity contribution is 0.374. The maximum atomic E-state index is 5.49. The van der Waals surface area contributed by atoms with Crippen molar-refractivity contribution in [1.82, 2.24) is 30.1 Å². The van der Waals surface area contributed by atoms with Crippen LogP contribution in [-0.4, -0.2) is 37.2 Å². The molecule has 16 heavy (non-hydrogen) atoms. The molecule has 9 heteroatoms. The minimum absolute atomic E-state index is 0.0987. The highest BCUT2D eigenvalue weighted by molar-refractivity contribution is 7.99. The van der Waals surface area contributed by atoms with Crippen LogP contribution in [0.3, 0.4) is 0 Å². The Morgan fingerprint density at radius 2 is 2.00 bits per heavy atom. The van der Waals surface area contributed by atoms with Crippen molar-refractivity contribution in [2.75, 3.05) is 12.8 Å². The first-order valence-electron chi connectivity index (χ1n) is 4.30. The van der Waals surface area contributed by atoms with Crippen LogP contribution in [-0.2, 0) is 0 Å². The molecule has 0 bridgehead atoms. The lowest BCUT2D eigenvalue weighted by Crippen LogP contribution is -2.02. The molecule has 0 radical (unpaired) electrons. The van der Waals surface area contributed by atoms with Gasteiger partial charge in [0.15, 0.2) is 0 Å². The molecular formula is C7H9N7OS. The normalized spacial score (nSPS) is 10.4. The van der Waals surface area contributed by atoms with Crippen molar-refractivity contribution < 1.29 is 4.74 Å². The van der Waals surface area contributed by atoms with Crippen LogP contribution < -0.4 is 10.5 Å². The van der Waals surface area contributed by atoms with Gasteiger partial charge < -0.3 is 10.5 Å². The average Bonchev–Trinajstić information content (AvgIpc) is 2.63. The van der Waals surface area contributed by atoms with E-state index < -0.39 is 0 Å². The third kappa shape index (κ3) is 2.37. The van der Waals surface area contributed by atoms with Gasteiger partial charge in [-0.15, -0.1) is 5.10 Å². The lowest BCUT2D eigenvalue weighted by Gasteiger charge is -2.00. The summed E-state index contributed by atoms with van der Waals surface area (Å²) in [6.45, 7) is 1.80. The molecule has 2 rings (SSSR count). The highest BCUT2D eigenvalue weighted by Crippen LogP contribution is 2.22. The van der Waals surface area contributed by atoms with Gasteiger partial charge in [0, 0.05) is 0 Å². The van der Waals surface area contributed by atoms with Crippen LogP contribution in [0.4, 0.5) is 5.95 Å². The Bertz CT molecular complexity index is 499. The third-order valence-corrected chi connectivity index (χ3v) is 2.28. The summed E-state index contributed by atoms with van der Waals surface area (Å²) in [5.74, 6) is 0.818. The zero-order valence-electron chi connectivity index (χ0n) is 8.63. The Morgan fingerprint density at radius 3 is 2.62 bits per heavy atom. The molecule has 0 amide bonds. The number of rotatable bonds is 3. The molecule has 0 saturated carbocycles. The van der Waals surface area contributed by atoms with Crippen LogP contribution in [0.25, 0.3) is 0 Å². The molecule has 2 heterocycles. The molecule has 3 N–H and O–H groups in total. The molecule has 0 aliphatic rings. The molecule has 0 unspecified atom stereocenters. The summed E-state index contributed by atoms with van der Waals surface area (Å²) in [4.78, 5) is 15.8. The SMILES string of the molecule is COc1nc(N)nc(Sc2n[nH]c(C)n2)n1. The number of aromatic nitrogens is 6. The van der Waals surface area contributed by atoms with Gasteiger partial charge in [-0.25, -0.2) is 4.98 Å². The minimum Gasteiger partial charge on any atom is -0.467 e. The number of nitrogens with two attached hydrogens (primary N) is 1. The fraction of sp³-hybridized carbons (Fsp3) is 0.286. The number of nitrogens with zero attached hydrogens (tertiary/aromatic N) is 5. The predicted molar refractivity (Wildman–Crippen MR) is 56.0 cm³/mol. The Balaban J connectivity index is 2.24. The molecule has 2 aromatic heterocycles. The van der Waals surface area contributed by atoms with Crippen molar-refractivity contribution in [3.05, 3.63) is 5.82 Å². The predicted octanol–water partition coefficient (Wildman–Crippen LogP) is 0.0401. The van der Waals surface area contributed by atoms with Gasteiger partial charge >= 0.3 is 6.01 Å². The fourth-order valence-electron chi connectivity index (χ4n) is 0.939. The van der Waals surface area contributed by atoms with Crippen LogP contribution in [0.1, 0.15) is 5.82 Å². The van der Waals surface area contributed by atoms with E-state index in [1.54, 1.807) is 6.92 Å². The Hall–Kier alpha value is -1.90. The van der Waals surface area contributed by atoms with Crippen molar-refractivity contribution in [3.63, 3.8) is 0 Å². The topological polar surface area (TPSA) is 115 Å². The zero-order chi connectivity index (χ0) is 11.5. The number of nitrogen functional groups attached to an aromatic ring is 1. The van der Waals surface area contributed by atoms with Crippen LogP contribution in [0.15, 0.2) is 10.3 Å². The molecule has 0 spiro atoms. The first kappa shape index (κ1) is 10.6. The number of anilines is 1. The maximum Gasteiger partial charge on any atom is 0.321 e. The second-order valence-corrected chi connectivity index (χ2v) is 3.70. The van der Waals surface area contributed by atoms with Crippen molar-refractivity contribution in [1.29, 1.82) is 0 Å². The number of hydrogen-bond donors (Lipinski definition) is 2. The zero-order valence-corrected chi connectivity index (χ0v) is 9.45. The summed E-state index contributed by atoms with van der Waals surface area (Å²) < 4.78 is 4.87. The van der Waals surface area contributed by atoms with Gasteiger partial charge in [-0.1, -0.05) is 0 Å². The molecule has 0 fully saturated rings. The van der Waals surface area contributed by atoms with E-state index in [9.17, 15) is 0 Å². The largest absolute Gasteiger partial charge is 0.467 e. The smallest absolute Gasteiger partial charge is 0.321 e. The van der Waals surface area contributed by atoms with Gasteiger partial charge in [-0.05, 0) is 18.7 Å². The maximum absolute atomic E-state index is 5.49. The lowest BCUT2D eigenvalue weighted by atomic mass is 10.8. The number of H-pyrrole nitrogens is 1. The van der Waals surface area contributed by atoms with Gasteiger partial charge in [-0.2, -0.15) is 15.0 Å².